The number of carbonyl (C=O) groups is 2. The molecular formula is C20H20ClNO2. The number of hydrogen-bond acceptors (Lipinski definition) is 3. The van der Waals surface area contributed by atoms with E-state index in [4.69, 9.17) is 11.6 Å². The van der Waals surface area contributed by atoms with Gasteiger partial charge in [-0.2, -0.15) is 0 Å². The van der Waals surface area contributed by atoms with Gasteiger partial charge < -0.3 is 9.69 Å². The summed E-state index contributed by atoms with van der Waals surface area (Å²) in [6, 6.07) is 13.3. The van der Waals surface area contributed by atoms with Crippen LogP contribution in [-0.4, -0.2) is 24.7 Å². The van der Waals surface area contributed by atoms with Crippen LogP contribution in [0.15, 0.2) is 42.5 Å². The molecule has 1 heterocycles. The van der Waals surface area contributed by atoms with Crippen molar-refractivity contribution in [3.63, 3.8) is 0 Å². The number of rotatable bonds is 5. The Morgan fingerprint density at radius 1 is 1.25 bits per heavy atom. The minimum atomic E-state index is 0.00146. The number of carbonyl (C=O) groups excluding carboxylic acids is 2. The molecule has 1 aliphatic heterocycles. The highest BCUT2D eigenvalue weighted by Crippen LogP contribution is 2.28. The quantitative estimate of drug-likeness (QED) is 0.596. The molecule has 2 aromatic rings. The van der Waals surface area contributed by atoms with Crippen molar-refractivity contribution < 1.29 is 9.59 Å². The summed E-state index contributed by atoms with van der Waals surface area (Å²) >= 11 is 5.96. The minimum Gasteiger partial charge on any atom is -0.368 e. The van der Waals surface area contributed by atoms with Gasteiger partial charge in [-0.15, -0.1) is 0 Å². The van der Waals surface area contributed by atoms with E-state index in [1.807, 2.05) is 31.2 Å². The van der Waals surface area contributed by atoms with Crippen LogP contribution < -0.4 is 4.90 Å². The van der Waals surface area contributed by atoms with E-state index in [1.54, 1.807) is 18.2 Å². The van der Waals surface area contributed by atoms with E-state index < -0.39 is 0 Å². The summed E-state index contributed by atoms with van der Waals surface area (Å²) in [6.45, 7) is 2.85. The van der Waals surface area contributed by atoms with Crippen LogP contribution in [0.25, 0.3) is 0 Å². The Morgan fingerprint density at radius 2 is 2.00 bits per heavy atom. The van der Waals surface area contributed by atoms with Crippen LogP contribution >= 0.6 is 11.6 Å². The van der Waals surface area contributed by atoms with Crippen LogP contribution in [0.1, 0.15) is 40.7 Å². The number of aldehydes is 1. The Hall–Kier alpha value is -2.13. The van der Waals surface area contributed by atoms with Gasteiger partial charge in [-0.05, 0) is 67.8 Å². The lowest BCUT2D eigenvalue weighted by Gasteiger charge is -2.25. The van der Waals surface area contributed by atoms with Crippen LogP contribution in [0, 0.1) is 6.92 Å². The zero-order chi connectivity index (χ0) is 17.1. The Labute approximate surface area is 147 Å². The molecule has 1 unspecified atom stereocenters. The van der Waals surface area contributed by atoms with Gasteiger partial charge in [0.2, 0.25) is 0 Å². The fraction of sp³-hybridized carbons (Fsp3) is 0.300. The third-order valence-corrected chi connectivity index (χ3v) is 4.87. The van der Waals surface area contributed by atoms with Gasteiger partial charge in [0, 0.05) is 40.8 Å². The molecule has 1 atom stereocenters. The van der Waals surface area contributed by atoms with Crippen molar-refractivity contribution in [3.8, 4) is 0 Å². The standard InChI is InChI=1S/C20H20ClNO2/c1-14-13-16(21)6-9-19(14)20(24)15-4-7-18(8-5-15)22-11-2-3-17(22)10-12-23/h4-9,12-13,17H,2-3,10-11H2,1H3. The number of halogens is 1. The summed E-state index contributed by atoms with van der Waals surface area (Å²) in [5.74, 6) is 0.00146. The molecule has 0 saturated carbocycles. The fourth-order valence-electron chi connectivity index (χ4n) is 3.37. The smallest absolute Gasteiger partial charge is 0.193 e. The molecule has 124 valence electrons. The van der Waals surface area contributed by atoms with Crippen LogP contribution in [0.5, 0.6) is 0 Å². The summed E-state index contributed by atoms with van der Waals surface area (Å²) in [6.07, 6.45) is 3.70. The molecule has 4 heteroatoms. The summed E-state index contributed by atoms with van der Waals surface area (Å²) in [4.78, 5) is 25.7. The Bertz CT molecular complexity index is 755. The van der Waals surface area contributed by atoms with Crippen molar-refractivity contribution in [3.05, 3.63) is 64.2 Å². The van der Waals surface area contributed by atoms with Gasteiger partial charge in [0.05, 0.1) is 0 Å². The maximum atomic E-state index is 12.7. The van der Waals surface area contributed by atoms with E-state index >= 15 is 0 Å². The third kappa shape index (κ3) is 3.36. The average molecular weight is 342 g/mol. The van der Waals surface area contributed by atoms with Crippen molar-refractivity contribution in [2.45, 2.75) is 32.2 Å². The molecular weight excluding hydrogens is 322 g/mol. The zero-order valence-electron chi connectivity index (χ0n) is 13.7. The summed E-state index contributed by atoms with van der Waals surface area (Å²) in [5.41, 5.74) is 3.29. The van der Waals surface area contributed by atoms with Crippen molar-refractivity contribution in [1.82, 2.24) is 0 Å². The Morgan fingerprint density at radius 3 is 2.67 bits per heavy atom. The predicted octanol–water partition coefficient (Wildman–Crippen LogP) is 4.44. The van der Waals surface area contributed by atoms with Crippen molar-refractivity contribution >= 4 is 29.4 Å². The first-order chi connectivity index (χ1) is 11.6. The normalized spacial score (nSPS) is 17.1. The molecule has 3 nitrogen and oxygen atoms in total. The van der Waals surface area contributed by atoms with Gasteiger partial charge >= 0.3 is 0 Å². The maximum absolute atomic E-state index is 12.7. The molecule has 0 radical (unpaired) electrons. The van der Waals surface area contributed by atoms with Gasteiger partial charge in [0.15, 0.2) is 5.78 Å². The molecule has 1 saturated heterocycles. The highest BCUT2D eigenvalue weighted by atomic mass is 35.5. The maximum Gasteiger partial charge on any atom is 0.193 e. The molecule has 1 aliphatic rings. The van der Waals surface area contributed by atoms with Crippen LogP contribution in [-0.2, 0) is 4.79 Å². The molecule has 0 N–H and O–H groups in total. The topological polar surface area (TPSA) is 37.4 Å². The summed E-state index contributed by atoms with van der Waals surface area (Å²) in [5, 5.41) is 0.634. The number of benzene rings is 2. The molecule has 1 fully saturated rings. The fourth-order valence-corrected chi connectivity index (χ4v) is 3.60. The third-order valence-electron chi connectivity index (χ3n) is 4.64. The van der Waals surface area contributed by atoms with Gasteiger partial charge in [-0.1, -0.05) is 11.6 Å². The first-order valence-electron chi connectivity index (χ1n) is 8.21. The predicted molar refractivity (Wildman–Crippen MR) is 97.1 cm³/mol. The zero-order valence-corrected chi connectivity index (χ0v) is 14.4. The second-order valence-electron chi connectivity index (χ2n) is 6.23. The second-order valence-corrected chi connectivity index (χ2v) is 6.66. The van der Waals surface area contributed by atoms with Crippen molar-refractivity contribution in [2.24, 2.45) is 0 Å². The highest BCUT2D eigenvalue weighted by Gasteiger charge is 2.24. The lowest BCUT2D eigenvalue weighted by molar-refractivity contribution is -0.108. The van der Waals surface area contributed by atoms with Gasteiger partial charge in [0.1, 0.15) is 6.29 Å². The molecule has 0 spiro atoms. The Kier molecular flexibility index (Phi) is 5.00. The van der Waals surface area contributed by atoms with E-state index in [2.05, 4.69) is 4.90 Å². The highest BCUT2D eigenvalue weighted by molar-refractivity contribution is 6.30. The lowest BCUT2D eigenvalue weighted by atomic mass is 9.99. The second kappa shape index (κ2) is 7.18. The number of ketones is 1. The van der Waals surface area contributed by atoms with Crippen LogP contribution in [0.3, 0.4) is 0 Å². The monoisotopic (exact) mass is 341 g/mol. The van der Waals surface area contributed by atoms with E-state index in [0.717, 1.165) is 36.9 Å². The first-order valence-corrected chi connectivity index (χ1v) is 8.59. The largest absolute Gasteiger partial charge is 0.368 e. The van der Waals surface area contributed by atoms with E-state index in [0.29, 0.717) is 22.6 Å². The number of anilines is 1. The van der Waals surface area contributed by atoms with Crippen molar-refractivity contribution in [2.75, 3.05) is 11.4 Å². The molecule has 0 aliphatic carbocycles. The van der Waals surface area contributed by atoms with Gasteiger partial charge in [-0.3, -0.25) is 4.79 Å². The van der Waals surface area contributed by atoms with Gasteiger partial charge in [-0.25, -0.2) is 0 Å². The molecule has 0 bridgehead atoms. The molecule has 3 rings (SSSR count). The molecule has 0 amide bonds. The van der Waals surface area contributed by atoms with Gasteiger partial charge in [0.25, 0.3) is 0 Å². The SMILES string of the molecule is Cc1cc(Cl)ccc1C(=O)c1ccc(N2CCCC2CC=O)cc1. The summed E-state index contributed by atoms with van der Waals surface area (Å²) < 4.78 is 0. The number of aryl methyl sites for hydroxylation is 1. The summed E-state index contributed by atoms with van der Waals surface area (Å²) in [7, 11) is 0. The molecule has 2 aromatic carbocycles. The molecule has 0 aromatic heterocycles. The van der Waals surface area contributed by atoms with Crippen LogP contribution in [0.4, 0.5) is 5.69 Å². The lowest BCUT2D eigenvalue weighted by Crippen LogP contribution is -2.29. The van der Waals surface area contributed by atoms with E-state index in [1.165, 1.54) is 0 Å². The molecule has 24 heavy (non-hydrogen) atoms. The number of hydrogen-bond donors (Lipinski definition) is 0. The average Bonchev–Trinajstić information content (AvgIpc) is 3.03. The van der Waals surface area contributed by atoms with Crippen LogP contribution in [0.2, 0.25) is 5.02 Å². The van der Waals surface area contributed by atoms with E-state index in [9.17, 15) is 9.59 Å². The van der Waals surface area contributed by atoms with E-state index in [-0.39, 0.29) is 11.8 Å². The number of nitrogens with zero attached hydrogens (tertiary/aromatic N) is 1. The van der Waals surface area contributed by atoms with Crippen molar-refractivity contribution in [1.29, 1.82) is 0 Å². The minimum absolute atomic E-state index is 0.00146. The first kappa shape index (κ1) is 16.7. The Balaban J connectivity index is 1.81.